The Kier molecular flexibility index (Phi) is 5.63. The lowest BCUT2D eigenvalue weighted by molar-refractivity contribution is -0.384. The molecule has 1 aliphatic rings. The Labute approximate surface area is 180 Å². The number of non-ortho nitro benzene ring substituents is 1. The molecule has 0 saturated carbocycles. The van der Waals surface area contributed by atoms with E-state index in [1.807, 2.05) is 0 Å². The maximum Gasteiger partial charge on any atom is 0.416 e. The van der Waals surface area contributed by atoms with Gasteiger partial charge in [0, 0.05) is 60.5 Å². The summed E-state index contributed by atoms with van der Waals surface area (Å²) in [4.78, 5) is 21.5. The molecule has 31 heavy (non-hydrogen) atoms. The molecule has 1 aromatic heterocycles. The fourth-order valence-corrected chi connectivity index (χ4v) is 3.67. The molecule has 10 heteroatoms. The molecule has 0 radical (unpaired) electrons. The van der Waals surface area contributed by atoms with Crippen molar-refractivity contribution in [3.05, 3.63) is 86.2 Å². The first-order chi connectivity index (χ1) is 14.7. The van der Waals surface area contributed by atoms with Crippen LogP contribution in [0.4, 0.5) is 18.9 Å². The molecule has 3 aromatic rings. The molecule has 0 atom stereocenters. The van der Waals surface area contributed by atoms with Crippen LogP contribution < -0.4 is 0 Å². The number of rotatable bonds is 4. The highest BCUT2D eigenvalue weighted by Crippen LogP contribution is 2.31. The van der Waals surface area contributed by atoms with Crippen molar-refractivity contribution in [1.29, 1.82) is 0 Å². The topological polar surface area (TPSA) is 72.2 Å². The monoisotopic (exact) mass is 448 g/mol. The van der Waals surface area contributed by atoms with Gasteiger partial charge in [-0.1, -0.05) is 23.7 Å². The SMILES string of the molecule is O=[N+]([O-])c1ccc(Cl)c(CN2CCc3nc(-c4ccc(C(F)(F)F)cc4)ncc3C2)c1. The van der Waals surface area contributed by atoms with E-state index in [2.05, 4.69) is 14.9 Å². The number of benzene rings is 2. The Balaban J connectivity index is 1.50. The summed E-state index contributed by atoms with van der Waals surface area (Å²) < 4.78 is 38.2. The van der Waals surface area contributed by atoms with Crippen LogP contribution in [0.3, 0.4) is 0 Å². The van der Waals surface area contributed by atoms with E-state index in [1.54, 1.807) is 6.20 Å². The predicted octanol–water partition coefficient (Wildman–Crippen LogP) is 5.28. The minimum Gasteiger partial charge on any atom is -0.294 e. The first-order valence-corrected chi connectivity index (χ1v) is 9.76. The number of fused-ring (bicyclic) bond motifs is 1. The van der Waals surface area contributed by atoms with Gasteiger partial charge in [-0.3, -0.25) is 15.0 Å². The number of hydrogen-bond donors (Lipinski definition) is 0. The van der Waals surface area contributed by atoms with Crippen molar-refractivity contribution in [3.8, 4) is 11.4 Å². The maximum atomic E-state index is 12.7. The highest BCUT2D eigenvalue weighted by atomic mass is 35.5. The van der Waals surface area contributed by atoms with Crippen LogP contribution in [0, 0.1) is 10.1 Å². The molecule has 2 aromatic carbocycles. The van der Waals surface area contributed by atoms with Gasteiger partial charge >= 0.3 is 6.18 Å². The fourth-order valence-electron chi connectivity index (χ4n) is 3.49. The predicted molar refractivity (Wildman–Crippen MR) is 108 cm³/mol. The summed E-state index contributed by atoms with van der Waals surface area (Å²) in [5.74, 6) is 0.377. The van der Waals surface area contributed by atoms with Gasteiger partial charge in [0.05, 0.1) is 16.2 Å². The normalized spacial score (nSPS) is 14.3. The molecule has 0 fully saturated rings. The molecular weight excluding hydrogens is 433 g/mol. The Hall–Kier alpha value is -3.04. The van der Waals surface area contributed by atoms with Crippen LogP contribution in [0.1, 0.15) is 22.4 Å². The third-order valence-electron chi connectivity index (χ3n) is 5.12. The second-order valence-electron chi connectivity index (χ2n) is 7.23. The fraction of sp³-hybridized carbons (Fsp3) is 0.238. The van der Waals surface area contributed by atoms with Crippen molar-refractivity contribution in [2.45, 2.75) is 25.7 Å². The van der Waals surface area contributed by atoms with Gasteiger partial charge in [0.15, 0.2) is 5.82 Å². The number of halogens is 4. The molecule has 0 unspecified atom stereocenters. The van der Waals surface area contributed by atoms with Gasteiger partial charge < -0.3 is 0 Å². The Morgan fingerprint density at radius 2 is 1.90 bits per heavy atom. The maximum absolute atomic E-state index is 12.7. The minimum absolute atomic E-state index is 0.0127. The molecular formula is C21H16ClF3N4O2. The van der Waals surface area contributed by atoms with Crippen molar-refractivity contribution in [2.24, 2.45) is 0 Å². The van der Waals surface area contributed by atoms with Crippen LogP contribution in [0.25, 0.3) is 11.4 Å². The molecule has 0 saturated heterocycles. The Morgan fingerprint density at radius 3 is 2.58 bits per heavy atom. The van der Waals surface area contributed by atoms with Crippen molar-refractivity contribution in [3.63, 3.8) is 0 Å². The summed E-state index contributed by atoms with van der Waals surface area (Å²) in [5, 5.41) is 11.5. The number of nitro groups is 1. The Bertz CT molecular complexity index is 1140. The lowest BCUT2D eigenvalue weighted by Gasteiger charge is -2.28. The van der Waals surface area contributed by atoms with E-state index in [-0.39, 0.29) is 5.69 Å². The summed E-state index contributed by atoms with van der Waals surface area (Å²) in [6, 6.07) is 9.13. The number of nitro benzene ring substituents is 1. The van der Waals surface area contributed by atoms with Crippen LogP contribution >= 0.6 is 11.6 Å². The number of aromatic nitrogens is 2. The summed E-state index contributed by atoms with van der Waals surface area (Å²) in [5.41, 5.74) is 2.20. The summed E-state index contributed by atoms with van der Waals surface area (Å²) in [6.45, 7) is 1.65. The van der Waals surface area contributed by atoms with Crippen LogP contribution in [-0.2, 0) is 25.7 Å². The zero-order valence-electron chi connectivity index (χ0n) is 16.1. The van der Waals surface area contributed by atoms with Crippen molar-refractivity contribution in [2.75, 3.05) is 6.54 Å². The first kappa shape index (κ1) is 21.2. The highest BCUT2D eigenvalue weighted by molar-refractivity contribution is 6.31. The molecule has 0 amide bonds. The first-order valence-electron chi connectivity index (χ1n) is 9.38. The number of hydrogen-bond acceptors (Lipinski definition) is 5. The smallest absolute Gasteiger partial charge is 0.294 e. The van der Waals surface area contributed by atoms with Gasteiger partial charge in [-0.15, -0.1) is 0 Å². The molecule has 0 spiro atoms. The van der Waals surface area contributed by atoms with Gasteiger partial charge in [0.2, 0.25) is 0 Å². The van der Waals surface area contributed by atoms with Crippen LogP contribution in [0.2, 0.25) is 5.02 Å². The van der Waals surface area contributed by atoms with Crippen LogP contribution in [-0.4, -0.2) is 26.3 Å². The standard InChI is InChI=1S/C21H16ClF3N4O2/c22-18-6-5-17(29(30)31)9-14(18)11-28-8-7-19-15(12-28)10-26-20(27-19)13-1-3-16(4-2-13)21(23,24)25/h1-6,9-10H,7-8,11-12H2. The van der Waals surface area contributed by atoms with Crippen molar-refractivity contribution < 1.29 is 18.1 Å². The van der Waals surface area contributed by atoms with E-state index in [1.165, 1.54) is 30.3 Å². The largest absolute Gasteiger partial charge is 0.416 e. The highest BCUT2D eigenvalue weighted by Gasteiger charge is 2.30. The number of alkyl halides is 3. The van der Waals surface area contributed by atoms with Gasteiger partial charge in [0.25, 0.3) is 5.69 Å². The van der Waals surface area contributed by atoms with Crippen molar-refractivity contribution in [1.82, 2.24) is 14.9 Å². The number of nitrogens with zero attached hydrogens (tertiary/aromatic N) is 4. The summed E-state index contributed by atoms with van der Waals surface area (Å²) >= 11 is 6.20. The third-order valence-corrected chi connectivity index (χ3v) is 5.49. The van der Waals surface area contributed by atoms with E-state index in [0.717, 1.165) is 23.4 Å². The van der Waals surface area contributed by atoms with Crippen molar-refractivity contribution >= 4 is 17.3 Å². The van der Waals surface area contributed by atoms with Gasteiger partial charge in [0.1, 0.15) is 0 Å². The molecule has 6 nitrogen and oxygen atoms in total. The quantitative estimate of drug-likeness (QED) is 0.401. The molecule has 160 valence electrons. The average molecular weight is 449 g/mol. The van der Waals surface area contributed by atoms with E-state index in [0.29, 0.717) is 48.0 Å². The van der Waals surface area contributed by atoms with Crippen LogP contribution in [0.15, 0.2) is 48.7 Å². The molecule has 2 heterocycles. The van der Waals surface area contributed by atoms with E-state index < -0.39 is 16.7 Å². The second kappa shape index (κ2) is 8.24. The second-order valence-corrected chi connectivity index (χ2v) is 7.64. The van der Waals surface area contributed by atoms with Crippen LogP contribution in [0.5, 0.6) is 0 Å². The molecule has 1 aliphatic heterocycles. The lowest BCUT2D eigenvalue weighted by atomic mass is 10.1. The van der Waals surface area contributed by atoms with Gasteiger partial charge in [-0.05, 0) is 23.8 Å². The van der Waals surface area contributed by atoms with E-state index >= 15 is 0 Å². The molecule has 0 aliphatic carbocycles. The third kappa shape index (κ3) is 4.67. The Morgan fingerprint density at radius 1 is 1.16 bits per heavy atom. The van der Waals surface area contributed by atoms with E-state index in [4.69, 9.17) is 11.6 Å². The zero-order chi connectivity index (χ0) is 22.2. The van der Waals surface area contributed by atoms with Gasteiger partial charge in [-0.25, -0.2) is 9.97 Å². The zero-order valence-corrected chi connectivity index (χ0v) is 16.8. The summed E-state index contributed by atoms with van der Waals surface area (Å²) in [7, 11) is 0. The molecule has 4 rings (SSSR count). The minimum atomic E-state index is -4.39. The molecule has 0 N–H and O–H groups in total. The molecule has 0 bridgehead atoms. The summed E-state index contributed by atoms with van der Waals surface area (Å²) in [6.07, 6.45) is -2.09. The van der Waals surface area contributed by atoms with E-state index in [9.17, 15) is 23.3 Å². The average Bonchev–Trinajstić information content (AvgIpc) is 2.74. The lowest BCUT2D eigenvalue weighted by Crippen LogP contribution is -2.31. The van der Waals surface area contributed by atoms with Gasteiger partial charge in [-0.2, -0.15) is 13.2 Å².